The Kier molecular flexibility index (Phi) is 4.86. The van der Waals surface area contributed by atoms with Gasteiger partial charge in [-0.2, -0.15) is 0 Å². The topological polar surface area (TPSA) is 44.7 Å². The quantitative estimate of drug-likeness (QED) is 0.812. The van der Waals surface area contributed by atoms with Gasteiger partial charge in [0.2, 0.25) is 5.91 Å². The molecule has 1 atom stereocenters. The average molecular weight is 255 g/mol. The minimum Gasteiger partial charge on any atom is -0.304 e. The summed E-state index contributed by atoms with van der Waals surface area (Å²) < 4.78 is 0. The van der Waals surface area contributed by atoms with Gasteiger partial charge in [0.25, 0.3) is 0 Å². The normalized spacial score (nSPS) is 23.9. The van der Waals surface area contributed by atoms with Crippen LogP contribution in [0.1, 0.15) is 32.6 Å². The summed E-state index contributed by atoms with van der Waals surface area (Å²) in [5.74, 6) is 1.09. The molecule has 2 heterocycles. The van der Waals surface area contributed by atoms with Crippen molar-refractivity contribution in [1.29, 1.82) is 0 Å². The fraction of sp³-hybridized carbons (Fsp3) is 0.833. The van der Waals surface area contributed by atoms with Crippen LogP contribution < -0.4 is 5.32 Å². The van der Waals surface area contributed by atoms with Crippen molar-refractivity contribution in [1.82, 2.24) is 10.2 Å². The highest BCUT2D eigenvalue weighted by Crippen LogP contribution is 2.14. The zero-order valence-electron chi connectivity index (χ0n) is 10.4. The fourth-order valence-electron chi connectivity index (χ4n) is 2.27. The van der Waals surface area contributed by atoms with Crippen molar-refractivity contribution in [2.24, 2.45) is 4.99 Å². The number of hydrogen-bond acceptors (Lipinski definition) is 4. The largest absolute Gasteiger partial charge is 0.304 e. The number of nitrogens with zero attached hydrogens (tertiary/aromatic N) is 2. The van der Waals surface area contributed by atoms with Gasteiger partial charge in [0.05, 0.1) is 12.6 Å². The molecule has 0 radical (unpaired) electrons. The first-order valence-corrected chi connectivity index (χ1v) is 7.48. The molecule has 1 saturated heterocycles. The summed E-state index contributed by atoms with van der Waals surface area (Å²) in [6.45, 7) is 4.93. The lowest BCUT2D eigenvalue weighted by Gasteiger charge is -2.26. The molecule has 0 spiro atoms. The van der Waals surface area contributed by atoms with E-state index in [-0.39, 0.29) is 11.9 Å². The first-order chi connectivity index (χ1) is 8.27. The van der Waals surface area contributed by atoms with Crippen molar-refractivity contribution in [3.63, 3.8) is 0 Å². The van der Waals surface area contributed by atoms with Gasteiger partial charge >= 0.3 is 0 Å². The third kappa shape index (κ3) is 3.71. The number of rotatable bonds is 2. The zero-order chi connectivity index (χ0) is 12.1. The van der Waals surface area contributed by atoms with E-state index in [9.17, 15) is 4.79 Å². The van der Waals surface area contributed by atoms with Gasteiger partial charge in [-0.25, -0.2) is 0 Å². The van der Waals surface area contributed by atoms with Crippen molar-refractivity contribution >= 4 is 22.8 Å². The summed E-state index contributed by atoms with van der Waals surface area (Å²) in [5.41, 5.74) is 0. The van der Waals surface area contributed by atoms with Crippen molar-refractivity contribution in [2.75, 3.05) is 25.4 Å². The zero-order valence-corrected chi connectivity index (χ0v) is 11.3. The summed E-state index contributed by atoms with van der Waals surface area (Å²) in [6.07, 6.45) is 5.03. The van der Waals surface area contributed by atoms with Crippen LogP contribution in [0.15, 0.2) is 4.99 Å². The molecule has 2 aliphatic rings. The highest BCUT2D eigenvalue weighted by molar-refractivity contribution is 8.14. The van der Waals surface area contributed by atoms with Gasteiger partial charge in [-0.3, -0.25) is 14.7 Å². The molecule has 1 unspecified atom stereocenters. The van der Waals surface area contributed by atoms with E-state index >= 15 is 0 Å². The number of nitrogens with one attached hydrogen (secondary N) is 1. The van der Waals surface area contributed by atoms with Crippen LogP contribution in [0, 0.1) is 0 Å². The standard InChI is InChI=1S/C12H21N3OS/c1-10(15-7-4-2-3-5-8-15)11(16)14-12-13-6-9-17-12/h10H,2-9H2,1H3,(H,13,14,16). The van der Waals surface area contributed by atoms with Crippen LogP contribution >= 0.6 is 11.8 Å². The molecule has 2 rings (SSSR count). The van der Waals surface area contributed by atoms with Gasteiger partial charge in [-0.1, -0.05) is 24.6 Å². The molecule has 17 heavy (non-hydrogen) atoms. The monoisotopic (exact) mass is 255 g/mol. The molecular weight excluding hydrogens is 234 g/mol. The predicted octanol–water partition coefficient (Wildman–Crippen LogP) is 1.47. The minimum atomic E-state index is -0.0306. The molecule has 1 amide bonds. The Balaban J connectivity index is 1.84. The van der Waals surface area contributed by atoms with Gasteiger partial charge in [0.1, 0.15) is 0 Å². The van der Waals surface area contributed by atoms with E-state index < -0.39 is 0 Å². The molecule has 96 valence electrons. The van der Waals surface area contributed by atoms with Crippen molar-refractivity contribution < 1.29 is 4.79 Å². The first kappa shape index (κ1) is 12.9. The van der Waals surface area contributed by atoms with Crippen LogP contribution in [0.5, 0.6) is 0 Å². The number of carbonyl (C=O) groups excluding carboxylic acids is 1. The molecule has 2 aliphatic heterocycles. The molecule has 0 bridgehead atoms. The van der Waals surface area contributed by atoms with Crippen molar-refractivity contribution in [3.05, 3.63) is 0 Å². The van der Waals surface area contributed by atoms with Gasteiger partial charge in [0, 0.05) is 5.75 Å². The molecule has 0 aliphatic carbocycles. The van der Waals surface area contributed by atoms with E-state index in [1.807, 2.05) is 6.92 Å². The second-order valence-electron chi connectivity index (χ2n) is 4.65. The van der Waals surface area contributed by atoms with Crippen molar-refractivity contribution in [2.45, 2.75) is 38.6 Å². The fourth-order valence-corrected chi connectivity index (χ4v) is 3.00. The molecule has 0 aromatic heterocycles. The smallest absolute Gasteiger partial charge is 0.242 e. The maximum atomic E-state index is 12.1. The molecule has 0 aromatic rings. The molecule has 1 fully saturated rings. The second kappa shape index (κ2) is 6.40. The summed E-state index contributed by atoms with van der Waals surface area (Å²) >= 11 is 1.64. The molecule has 0 aromatic carbocycles. The van der Waals surface area contributed by atoms with E-state index in [4.69, 9.17) is 0 Å². The van der Waals surface area contributed by atoms with E-state index in [0.717, 1.165) is 30.6 Å². The van der Waals surface area contributed by atoms with E-state index in [0.29, 0.717) is 0 Å². The Labute approximate surface area is 107 Å². The van der Waals surface area contributed by atoms with Crippen LogP contribution in [0.25, 0.3) is 0 Å². The number of aliphatic imine (C=N–C) groups is 1. The van der Waals surface area contributed by atoms with Gasteiger partial charge < -0.3 is 5.32 Å². The van der Waals surface area contributed by atoms with Crippen LogP contribution in [0.4, 0.5) is 0 Å². The molecule has 0 saturated carbocycles. The second-order valence-corrected chi connectivity index (χ2v) is 5.73. The minimum absolute atomic E-state index is 0.0306. The van der Waals surface area contributed by atoms with Gasteiger partial charge in [0.15, 0.2) is 5.17 Å². The number of hydrogen-bond donors (Lipinski definition) is 1. The highest BCUT2D eigenvalue weighted by atomic mass is 32.2. The Morgan fingerprint density at radius 3 is 2.65 bits per heavy atom. The van der Waals surface area contributed by atoms with Crippen molar-refractivity contribution in [3.8, 4) is 0 Å². The Morgan fingerprint density at radius 1 is 1.35 bits per heavy atom. The lowest BCUT2D eigenvalue weighted by Crippen LogP contribution is -2.46. The summed E-state index contributed by atoms with van der Waals surface area (Å²) in [7, 11) is 0. The van der Waals surface area contributed by atoms with E-state index in [1.165, 1.54) is 25.7 Å². The van der Waals surface area contributed by atoms with Gasteiger partial charge in [-0.15, -0.1) is 0 Å². The van der Waals surface area contributed by atoms with Gasteiger partial charge in [-0.05, 0) is 32.9 Å². The highest BCUT2D eigenvalue weighted by Gasteiger charge is 2.23. The Morgan fingerprint density at radius 2 is 2.06 bits per heavy atom. The molecule has 1 N–H and O–H groups in total. The Hall–Kier alpha value is -0.550. The maximum absolute atomic E-state index is 12.1. The number of likely N-dealkylation sites (tertiary alicyclic amines) is 1. The SMILES string of the molecule is CC(C(=O)NC1=NCCS1)N1CCCCCC1. The van der Waals surface area contributed by atoms with Crippen LogP contribution in [0.2, 0.25) is 0 Å². The molecular formula is C12H21N3OS. The first-order valence-electron chi connectivity index (χ1n) is 6.49. The lowest BCUT2D eigenvalue weighted by molar-refractivity contribution is -0.124. The summed E-state index contributed by atoms with van der Waals surface area (Å²) in [4.78, 5) is 18.6. The van der Waals surface area contributed by atoms with E-state index in [1.54, 1.807) is 11.8 Å². The van der Waals surface area contributed by atoms with E-state index in [2.05, 4.69) is 15.2 Å². The third-order valence-corrected chi connectivity index (χ3v) is 4.27. The Bertz CT molecular complexity index is 298. The third-order valence-electron chi connectivity index (χ3n) is 3.38. The average Bonchev–Trinajstić information content (AvgIpc) is 2.68. The predicted molar refractivity (Wildman–Crippen MR) is 72.4 cm³/mol. The summed E-state index contributed by atoms with van der Waals surface area (Å²) in [5, 5.41) is 3.73. The van der Waals surface area contributed by atoms with Crippen LogP contribution in [0.3, 0.4) is 0 Å². The maximum Gasteiger partial charge on any atom is 0.242 e. The van der Waals surface area contributed by atoms with Crippen LogP contribution in [-0.4, -0.2) is 47.4 Å². The number of thioether (sulfide) groups is 1. The molecule has 4 nitrogen and oxygen atoms in total. The number of carbonyl (C=O) groups is 1. The van der Waals surface area contributed by atoms with Crippen LogP contribution in [-0.2, 0) is 4.79 Å². The number of amidine groups is 1. The summed E-state index contributed by atoms with van der Waals surface area (Å²) in [6, 6.07) is -0.0306. The molecule has 5 heteroatoms. The lowest BCUT2D eigenvalue weighted by atomic mass is 10.2. The number of amides is 1.